The minimum absolute atomic E-state index is 0.0905. The highest BCUT2D eigenvalue weighted by atomic mass is 32.2. The van der Waals surface area contributed by atoms with E-state index in [1.165, 1.54) is 6.07 Å². The van der Waals surface area contributed by atoms with E-state index in [2.05, 4.69) is 4.98 Å². The van der Waals surface area contributed by atoms with Crippen LogP contribution in [0.5, 0.6) is 5.75 Å². The summed E-state index contributed by atoms with van der Waals surface area (Å²) in [5.74, 6) is 0.612. The van der Waals surface area contributed by atoms with E-state index < -0.39 is 10.1 Å². The summed E-state index contributed by atoms with van der Waals surface area (Å²) in [6.45, 7) is 2.12. The Kier molecular flexibility index (Phi) is 6.31. The Bertz CT molecular complexity index is 1400. The molecule has 7 nitrogen and oxygen atoms in total. The lowest BCUT2D eigenvalue weighted by atomic mass is 10.1. The van der Waals surface area contributed by atoms with Crippen LogP contribution in [-0.2, 0) is 16.5 Å². The number of anilines is 1. The second-order valence-corrected chi connectivity index (χ2v) is 9.42. The van der Waals surface area contributed by atoms with Crippen molar-refractivity contribution < 1.29 is 17.7 Å². The van der Waals surface area contributed by atoms with Crippen LogP contribution in [0.15, 0.2) is 71.8 Å². The third-order valence-electron chi connectivity index (χ3n) is 5.33. The van der Waals surface area contributed by atoms with E-state index in [1.54, 1.807) is 24.4 Å². The summed E-state index contributed by atoms with van der Waals surface area (Å²) in [5, 5.41) is 0. The predicted molar refractivity (Wildman–Crippen MR) is 129 cm³/mol. The van der Waals surface area contributed by atoms with Gasteiger partial charge in [0.05, 0.1) is 34.4 Å². The molecule has 4 aromatic rings. The zero-order valence-corrected chi connectivity index (χ0v) is 19.5. The number of aromatic nitrogens is 2. The van der Waals surface area contributed by atoms with Crippen molar-refractivity contribution in [3.63, 3.8) is 0 Å². The van der Waals surface area contributed by atoms with Crippen LogP contribution in [-0.4, -0.2) is 43.6 Å². The molecule has 1 heterocycles. The van der Waals surface area contributed by atoms with Crippen LogP contribution in [0.4, 0.5) is 5.69 Å². The summed E-state index contributed by atoms with van der Waals surface area (Å²) in [5.41, 5.74) is 5.78. The van der Waals surface area contributed by atoms with Gasteiger partial charge in [0.15, 0.2) is 0 Å². The van der Waals surface area contributed by atoms with E-state index in [0.29, 0.717) is 23.3 Å². The van der Waals surface area contributed by atoms with E-state index in [4.69, 9.17) is 9.72 Å². The summed E-state index contributed by atoms with van der Waals surface area (Å²) >= 11 is 0. The Morgan fingerprint density at radius 3 is 2.42 bits per heavy atom. The molecule has 8 heteroatoms. The summed E-state index contributed by atoms with van der Waals surface area (Å²) in [7, 11) is -0.286. The van der Waals surface area contributed by atoms with E-state index in [9.17, 15) is 13.0 Å². The van der Waals surface area contributed by atoms with Gasteiger partial charge in [0.25, 0.3) is 10.1 Å². The summed E-state index contributed by atoms with van der Waals surface area (Å²) in [4.78, 5) is 11.2. The van der Waals surface area contributed by atoms with Crippen LogP contribution < -0.4 is 9.64 Å². The minimum atomic E-state index is -4.28. The van der Waals surface area contributed by atoms with Crippen LogP contribution in [0, 0.1) is 6.92 Å². The molecule has 0 spiro atoms. The van der Waals surface area contributed by atoms with Crippen LogP contribution in [0.3, 0.4) is 0 Å². The molecule has 3 aromatic carbocycles. The fraction of sp³-hybridized carbons (Fsp3) is 0.200. The lowest BCUT2D eigenvalue weighted by Crippen LogP contribution is -2.08. The molecule has 0 aliphatic rings. The zero-order chi connectivity index (χ0) is 23.6. The van der Waals surface area contributed by atoms with E-state index in [-0.39, 0.29) is 11.5 Å². The zero-order valence-electron chi connectivity index (χ0n) is 18.7. The molecule has 0 amide bonds. The monoisotopic (exact) mass is 463 g/mol. The molecule has 0 atom stereocenters. The Labute approximate surface area is 193 Å². The number of hydrogen-bond acceptors (Lipinski definition) is 6. The Morgan fingerprint density at radius 1 is 0.970 bits per heavy atom. The molecule has 0 saturated carbocycles. The van der Waals surface area contributed by atoms with Gasteiger partial charge in [0.1, 0.15) is 5.75 Å². The van der Waals surface area contributed by atoms with Gasteiger partial charge in [0.2, 0.25) is 0 Å². The highest BCUT2D eigenvalue weighted by molar-refractivity contribution is 7.85. The van der Waals surface area contributed by atoms with E-state index in [1.807, 2.05) is 62.3 Å². The Morgan fingerprint density at radius 2 is 1.73 bits per heavy atom. The highest BCUT2D eigenvalue weighted by Crippen LogP contribution is 2.24. The molecular weight excluding hydrogens is 438 g/mol. The molecule has 0 aliphatic carbocycles. The number of benzene rings is 3. The van der Waals surface area contributed by atoms with Gasteiger partial charge in [-0.2, -0.15) is 8.42 Å². The predicted octanol–water partition coefficient (Wildman–Crippen LogP) is 4.54. The first-order chi connectivity index (χ1) is 15.7. The van der Waals surface area contributed by atoms with Gasteiger partial charge in [-0.1, -0.05) is 29.8 Å². The van der Waals surface area contributed by atoms with Crippen molar-refractivity contribution in [3.8, 4) is 17.0 Å². The lowest BCUT2D eigenvalue weighted by Gasteiger charge is -2.12. The number of hydrogen-bond donors (Lipinski definition) is 1. The Balaban J connectivity index is 1.48. The first kappa shape index (κ1) is 22.7. The summed E-state index contributed by atoms with van der Waals surface area (Å²) in [6, 6.07) is 18.4. The van der Waals surface area contributed by atoms with Crippen LogP contribution in [0.2, 0.25) is 0 Å². The molecule has 33 heavy (non-hydrogen) atoms. The topological polar surface area (TPSA) is 92.6 Å². The number of aryl methyl sites for hydroxylation is 1. The molecular formula is C25H25N3O4S. The molecule has 0 unspecified atom stereocenters. The van der Waals surface area contributed by atoms with Gasteiger partial charge in [-0.3, -0.25) is 9.54 Å². The van der Waals surface area contributed by atoms with Gasteiger partial charge in [-0.15, -0.1) is 0 Å². The second kappa shape index (κ2) is 9.17. The maximum atomic E-state index is 11.6. The maximum Gasteiger partial charge on any atom is 0.294 e. The summed E-state index contributed by atoms with van der Waals surface area (Å²) in [6.07, 6.45) is 2.07. The molecule has 0 bridgehead atoms. The molecule has 0 fully saturated rings. The molecule has 1 aromatic heterocycles. The molecule has 170 valence electrons. The standard InChI is InChI=1S/C25H25N3O4S/c1-17-4-11-25(33(29,30)31)19(14-17)12-13-32-21-9-10-22-23(15-21)26-16-24(27-22)18-5-7-20(8-6-18)28(2)3/h4-11,14-16H,12-13H2,1-3H3,(H,29,30,31). The van der Waals surface area contributed by atoms with Crippen molar-refractivity contribution in [3.05, 3.63) is 78.0 Å². The fourth-order valence-electron chi connectivity index (χ4n) is 3.58. The van der Waals surface area contributed by atoms with E-state index >= 15 is 0 Å². The van der Waals surface area contributed by atoms with Crippen molar-refractivity contribution >= 4 is 26.8 Å². The van der Waals surface area contributed by atoms with Gasteiger partial charge in [0, 0.05) is 37.8 Å². The number of fused-ring (bicyclic) bond motifs is 1. The average Bonchev–Trinajstić information content (AvgIpc) is 2.78. The average molecular weight is 464 g/mol. The third-order valence-corrected chi connectivity index (χ3v) is 6.28. The van der Waals surface area contributed by atoms with Gasteiger partial charge in [-0.05, 0) is 42.8 Å². The first-order valence-corrected chi connectivity index (χ1v) is 11.9. The normalized spacial score (nSPS) is 11.5. The molecule has 0 aliphatic heterocycles. The molecule has 4 rings (SSSR count). The van der Waals surface area contributed by atoms with Gasteiger partial charge >= 0.3 is 0 Å². The van der Waals surface area contributed by atoms with Gasteiger partial charge in [-0.25, -0.2) is 4.98 Å². The molecule has 0 radical (unpaired) electrons. The number of nitrogens with zero attached hydrogens (tertiary/aromatic N) is 3. The number of rotatable bonds is 7. The minimum Gasteiger partial charge on any atom is -0.493 e. The van der Waals surface area contributed by atoms with Crippen molar-refractivity contribution in [2.45, 2.75) is 18.2 Å². The van der Waals surface area contributed by atoms with Crippen LogP contribution in [0.25, 0.3) is 22.3 Å². The molecule has 1 N–H and O–H groups in total. The lowest BCUT2D eigenvalue weighted by molar-refractivity contribution is 0.321. The molecule has 0 saturated heterocycles. The maximum absolute atomic E-state index is 11.6. The van der Waals surface area contributed by atoms with Crippen LogP contribution >= 0.6 is 0 Å². The smallest absolute Gasteiger partial charge is 0.294 e. The number of ether oxygens (including phenoxy) is 1. The van der Waals surface area contributed by atoms with Gasteiger partial charge < -0.3 is 9.64 Å². The SMILES string of the molecule is Cc1ccc(S(=O)(=O)O)c(CCOc2ccc3nc(-c4ccc(N(C)C)cc4)cnc3c2)c1. The third kappa shape index (κ3) is 5.30. The van der Waals surface area contributed by atoms with Crippen molar-refractivity contribution in [1.82, 2.24) is 9.97 Å². The quantitative estimate of drug-likeness (QED) is 0.402. The second-order valence-electron chi connectivity index (χ2n) is 8.03. The van der Waals surface area contributed by atoms with E-state index in [0.717, 1.165) is 28.0 Å². The van der Waals surface area contributed by atoms with Crippen molar-refractivity contribution in [1.29, 1.82) is 0 Å². The van der Waals surface area contributed by atoms with Crippen molar-refractivity contribution in [2.24, 2.45) is 0 Å². The Hall–Kier alpha value is -3.49. The fourth-order valence-corrected chi connectivity index (χ4v) is 4.32. The van der Waals surface area contributed by atoms with Crippen molar-refractivity contribution in [2.75, 3.05) is 25.6 Å². The van der Waals surface area contributed by atoms with Crippen LogP contribution in [0.1, 0.15) is 11.1 Å². The highest BCUT2D eigenvalue weighted by Gasteiger charge is 2.15. The largest absolute Gasteiger partial charge is 0.493 e. The summed E-state index contributed by atoms with van der Waals surface area (Å²) < 4.78 is 38.5. The first-order valence-electron chi connectivity index (χ1n) is 10.4.